The molecule has 1 saturated carbocycles. The summed E-state index contributed by atoms with van der Waals surface area (Å²) < 4.78 is 6.36. The number of hydrogen-bond acceptors (Lipinski definition) is 4. The fraction of sp³-hybridized carbons (Fsp3) is 0.577. The van der Waals surface area contributed by atoms with Gasteiger partial charge in [-0.25, -0.2) is 0 Å². The van der Waals surface area contributed by atoms with Crippen LogP contribution in [-0.2, 0) is 19.1 Å². The standard InChI is InChI=1S/C26H31Cl2N3O4/c1-2-3-13-31-22(24(33)29-15-7-5-4-6-8-15)26-12-11-19(35-26)20(21(26)25(31)34)23(32)30-16-9-10-17(27)18(28)14-16/h9-12,14-15,19-22H,2-8,13H2,1H3,(H,29,33)(H,30,32)/t19-,20-,21-,22-,26-/m0/s1. The zero-order valence-electron chi connectivity index (χ0n) is 19.8. The van der Waals surface area contributed by atoms with Crippen molar-refractivity contribution >= 4 is 46.6 Å². The maximum atomic E-state index is 13.8. The number of carbonyl (C=O) groups is 3. The molecule has 188 valence electrons. The Balaban J connectivity index is 1.42. The number of unbranched alkanes of at least 4 members (excludes halogenated alkanes) is 1. The second-order valence-corrected chi connectivity index (χ2v) is 10.9. The number of nitrogens with one attached hydrogen (secondary N) is 2. The summed E-state index contributed by atoms with van der Waals surface area (Å²) in [6, 6.07) is 4.18. The van der Waals surface area contributed by atoms with Crippen molar-refractivity contribution in [3.05, 3.63) is 40.4 Å². The summed E-state index contributed by atoms with van der Waals surface area (Å²) in [5.74, 6) is -2.19. The predicted octanol–water partition coefficient (Wildman–Crippen LogP) is 4.33. The number of hydrogen-bond donors (Lipinski definition) is 2. The van der Waals surface area contributed by atoms with E-state index in [9.17, 15) is 14.4 Å². The molecule has 3 heterocycles. The molecule has 1 aliphatic carbocycles. The first-order valence-corrected chi connectivity index (χ1v) is 13.3. The van der Waals surface area contributed by atoms with Crippen LogP contribution in [0.3, 0.4) is 0 Å². The highest BCUT2D eigenvalue weighted by molar-refractivity contribution is 6.42. The zero-order chi connectivity index (χ0) is 24.7. The molecule has 3 amide bonds. The van der Waals surface area contributed by atoms with E-state index in [1.807, 2.05) is 19.1 Å². The van der Waals surface area contributed by atoms with E-state index in [1.165, 1.54) is 6.42 Å². The zero-order valence-corrected chi connectivity index (χ0v) is 21.3. The van der Waals surface area contributed by atoms with Crippen LogP contribution in [0.1, 0.15) is 51.9 Å². The minimum absolute atomic E-state index is 0.117. The Hall–Kier alpha value is -2.09. The number of amides is 3. The van der Waals surface area contributed by atoms with E-state index in [4.69, 9.17) is 27.9 Å². The van der Waals surface area contributed by atoms with Gasteiger partial charge in [0.15, 0.2) is 0 Å². The van der Waals surface area contributed by atoms with Gasteiger partial charge in [0.1, 0.15) is 11.6 Å². The average molecular weight is 520 g/mol. The lowest BCUT2D eigenvalue weighted by Gasteiger charge is -2.34. The largest absolute Gasteiger partial charge is 0.359 e. The maximum absolute atomic E-state index is 13.8. The molecule has 0 unspecified atom stereocenters. The molecule has 2 N–H and O–H groups in total. The molecule has 35 heavy (non-hydrogen) atoms. The monoisotopic (exact) mass is 519 g/mol. The van der Waals surface area contributed by atoms with Gasteiger partial charge in [0.05, 0.1) is 28.0 Å². The van der Waals surface area contributed by atoms with Crippen molar-refractivity contribution in [2.45, 2.75) is 75.7 Å². The van der Waals surface area contributed by atoms with Crippen molar-refractivity contribution in [2.24, 2.45) is 11.8 Å². The van der Waals surface area contributed by atoms with Gasteiger partial charge in [-0.3, -0.25) is 14.4 Å². The molecule has 1 spiro atoms. The van der Waals surface area contributed by atoms with Gasteiger partial charge < -0.3 is 20.3 Å². The van der Waals surface area contributed by atoms with Crippen LogP contribution in [0.2, 0.25) is 10.0 Å². The topological polar surface area (TPSA) is 87.7 Å². The first kappa shape index (κ1) is 24.6. The molecular weight excluding hydrogens is 489 g/mol. The van der Waals surface area contributed by atoms with E-state index in [2.05, 4.69) is 10.6 Å². The number of likely N-dealkylation sites (tertiary alicyclic amines) is 1. The quantitative estimate of drug-likeness (QED) is 0.524. The van der Waals surface area contributed by atoms with Gasteiger partial charge in [-0.05, 0) is 37.5 Å². The Bertz CT molecular complexity index is 1060. The highest BCUT2D eigenvalue weighted by Gasteiger charge is 2.72. The highest BCUT2D eigenvalue weighted by atomic mass is 35.5. The number of nitrogens with zero attached hydrogens (tertiary/aromatic N) is 1. The fourth-order valence-corrected chi connectivity index (χ4v) is 6.46. The van der Waals surface area contributed by atoms with E-state index in [0.717, 1.165) is 38.5 Å². The predicted molar refractivity (Wildman–Crippen MR) is 134 cm³/mol. The number of carbonyl (C=O) groups excluding carboxylic acids is 3. The van der Waals surface area contributed by atoms with Crippen LogP contribution in [0, 0.1) is 11.8 Å². The van der Waals surface area contributed by atoms with Crippen LogP contribution in [0.4, 0.5) is 5.69 Å². The molecule has 2 bridgehead atoms. The number of fused-ring (bicyclic) bond motifs is 1. The molecule has 5 atom stereocenters. The number of benzene rings is 1. The Morgan fingerprint density at radius 3 is 2.63 bits per heavy atom. The van der Waals surface area contributed by atoms with E-state index < -0.39 is 29.6 Å². The molecule has 7 nitrogen and oxygen atoms in total. The van der Waals surface area contributed by atoms with E-state index in [0.29, 0.717) is 22.3 Å². The molecular formula is C26H31Cl2N3O4. The van der Waals surface area contributed by atoms with Gasteiger partial charge in [-0.1, -0.05) is 68.0 Å². The first-order chi connectivity index (χ1) is 16.9. The van der Waals surface area contributed by atoms with Crippen molar-refractivity contribution in [1.82, 2.24) is 10.2 Å². The summed E-state index contributed by atoms with van der Waals surface area (Å²) in [6.07, 6.45) is 10.0. The fourth-order valence-electron chi connectivity index (χ4n) is 6.16. The lowest BCUT2D eigenvalue weighted by molar-refractivity contribution is -0.141. The minimum atomic E-state index is -1.13. The van der Waals surface area contributed by atoms with Crippen molar-refractivity contribution in [3.63, 3.8) is 0 Å². The highest BCUT2D eigenvalue weighted by Crippen LogP contribution is 2.55. The Morgan fingerprint density at radius 2 is 1.91 bits per heavy atom. The third-order valence-electron chi connectivity index (χ3n) is 7.82. The Kier molecular flexibility index (Phi) is 6.85. The molecule has 1 aromatic carbocycles. The smallest absolute Gasteiger partial charge is 0.246 e. The average Bonchev–Trinajstić information content (AvgIpc) is 3.48. The summed E-state index contributed by atoms with van der Waals surface area (Å²) in [6.45, 7) is 2.51. The lowest BCUT2D eigenvalue weighted by atomic mass is 9.74. The summed E-state index contributed by atoms with van der Waals surface area (Å²) in [7, 11) is 0. The Morgan fingerprint density at radius 1 is 1.14 bits per heavy atom. The maximum Gasteiger partial charge on any atom is 0.246 e. The third-order valence-corrected chi connectivity index (χ3v) is 8.56. The van der Waals surface area contributed by atoms with Gasteiger partial charge in [-0.2, -0.15) is 0 Å². The first-order valence-electron chi connectivity index (χ1n) is 12.6. The van der Waals surface area contributed by atoms with Crippen molar-refractivity contribution in [3.8, 4) is 0 Å². The van der Waals surface area contributed by atoms with Crippen LogP contribution < -0.4 is 10.6 Å². The number of halogens is 2. The van der Waals surface area contributed by atoms with Gasteiger partial charge >= 0.3 is 0 Å². The lowest BCUT2D eigenvalue weighted by Crippen LogP contribution is -2.56. The van der Waals surface area contributed by atoms with E-state index >= 15 is 0 Å². The summed E-state index contributed by atoms with van der Waals surface area (Å²) in [5.41, 5.74) is -0.640. The molecule has 3 aliphatic heterocycles. The summed E-state index contributed by atoms with van der Waals surface area (Å²) in [5, 5.41) is 6.78. The summed E-state index contributed by atoms with van der Waals surface area (Å²) >= 11 is 12.1. The second-order valence-electron chi connectivity index (χ2n) is 10.0. The minimum Gasteiger partial charge on any atom is -0.359 e. The molecule has 2 saturated heterocycles. The van der Waals surface area contributed by atoms with Crippen LogP contribution in [-0.4, -0.2) is 53.0 Å². The molecule has 0 radical (unpaired) electrons. The van der Waals surface area contributed by atoms with Gasteiger partial charge in [0.25, 0.3) is 0 Å². The third kappa shape index (κ3) is 4.25. The number of rotatable bonds is 7. The number of anilines is 1. The van der Waals surface area contributed by atoms with Crippen molar-refractivity contribution in [1.29, 1.82) is 0 Å². The molecule has 5 rings (SSSR count). The van der Waals surface area contributed by atoms with E-state index in [-0.39, 0.29) is 23.8 Å². The SMILES string of the molecule is CCCCN1C(=O)[C@@H]2[C@@H](C(=O)Nc3ccc(Cl)c(Cl)c3)[C@@H]3C=C[C@@]2(O3)[C@@H]1C(=O)NC1CCCCC1. The Labute approximate surface area is 215 Å². The molecule has 9 heteroatoms. The normalized spacial score (nSPS) is 31.6. The molecule has 1 aromatic rings. The van der Waals surface area contributed by atoms with Gasteiger partial charge in [0.2, 0.25) is 17.7 Å². The molecule has 4 aliphatic rings. The van der Waals surface area contributed by atoms with Gasteiger partial charge in [0, 0.05) is 18.3 Å². The molecule has 3 fully saturated rings. The van der Waals surface area contributed by atoms with Crippen LogP contribution in [0.15, 0.2) is 30.4 Å². The van der Waals surface area contributed by atoms with Crippen molar-refractivity contribution in [2.75, 3.05) is 11.9 Å². The number of ether oxygens (including phenoxy) is 1. The van der Waals surface area contributed by atoms with Crippen LogP contribution in [0.5, 0.6) is 0 Å². The van der Waals surface area contributed by atoms with Crippen LogP contribution in [0.25, 0.3) is 0 Å². The van der Waals surface area contributed by atoms with E-state index in [1.54, 1.807) is 23.1 Å². The van der Waals surface area contributed by atoms with Crippen molar-refractivity contribution < 1.29 is 19.1 Å². The van der Waals surface area contributed by atoms with Crippen LogP contribution >= 0.6 is 23.2 Å². The van der Waals surface area contributed by atoms with Gasteiger partial charge in [-0.15, -0.1) is 0 Å². The summed E-state index contributed by atoms with van der Waals surface area (Å²) in [4.78, 5) is 42.5. The molecule has 0 aromatic heterocycles. The second kappa shape index (κ2) is 9.75.